The Balaban J connectivity index is 2.05. The minimum absolute atomic E-state index is 0.316. The predicted molar refractivity (Wildman–Crippen MR) is 121 cm³/mol. The Morgan fingerprint density at radius 3 is 1.52 bits per heavy atom. The first kappa shape index (κ1) is 23.4. The van der Waals surface area contributed by atoms with Crippen LogP contribution in [0.3, 0.4) is 0 Å². The van der Waals surface area contributed by atoms with Gasteiger partial charge in [-0.2, -0.15) is 0 Å². The summed E-state index contributed by atoms with van der Waals surface area (Å²) in [5.74, 6) is 0.485. The molecule has 29 heavy (non-hydrogen) atoms. The smallest absolute Gasteiger partial charge is 0.400 e. The minimum Gasteiger partial charge on any atom is -0.400 e. The standard InChI is InChI=1S/C23H42B2O4/c1-10-14-18(24-26-20(2,3)21(4,5)27-24)19(17-15-12-11-13-16-17)25-28-22(6,7)23(8,9)29-25/h17H,10-16H2,1-9H3/b19-18-. The summed E-state index contributed by atoms with van der Waals surface area (Å²) < 4.78 is 26.2. The molecule has 164 valence electrons. The van der Waals surface area contributed by atoms with Crippen LogP contribution in [0, 0.1) is 5.92 Å². The quantitative estimate of drug-likeness (QED) is 0.533. The van der Waals surface area contributed by atoms with Crippen molar-refractivity contribution in [3.05, 3.63) is 10.9 Å². The van der Waals surface area contributed by atoms with Gasteiger partial charge in [-0.15, -0.1) is 0 Å². The van der Waals surface area contributed by atoms with Crippen molar-refractivity contribution in [2.75, 3.05) is 0 Å². The van der Waals surface area contributed by atoms with Gasteiger partial charge in [0.15, 0.2) is 0 Å². The number of hydrogen-bond donors (Lipinski definition) is 0. The highest BCUT2D eigenvalue weighted by Crippen LogP contribution is 2.46. The van der Waals surface area contributed by atoms with Gasteiger partial charge < -0.3 is 18.6 Å². The third kappa shape index (κ3) is 4.37. The van der Waals surface area contributed by atoms with Gasteiger partial charge in [-0.25, -0.2) is 0 Å². The molecule has 6 heteroatoms. The van der Waals surface area contributed by atoms with Crippen molar-refractivity contribution in [1.29, 1.82) is 0 Å². The van der Waals surface area contributed by atoms with Crippen molar-refractivity contribution in [3.8, 4) is 0 Å². The van der Waals surface area contributed by atoms with Crippen LogP contribution in [0.15, 0.2) is 10.9 Å². The van der Waals surface area contributed by atoms with E-state index >= 15 is 0 Å². The van der Waals surface area contributed by atoms with E-state index in [1.54, 1.807) is 0 Å². The third-order valence-corrected chi connectivity index (χ3v) is 7.98. The summed E-state index contributed by atoms with van der Waals surface area (Å²) in [7, 11) is -0.639. The van der Waals surface area contributed by atoms with E-state index in [1.807, 2.05) is 0 Å². The van der Waals surface area contributed by atoms with Crippen molar-refractivity contribution >= 4 is 14.2 Å². The predicted octanol–water partition coefficient (Wildman–Crippen LogP) is 5.93. The van der Waals surface area contributed by atoms with Crippen molar-refractivity contribution in [3.63, 3.8) is 0 Å². The second kappa shape index (κ2) is 8.00. The summed E-state index contributed by atoms with van der Waals surface area (Å²) in [5.41, 5.74) is 1.20. The van der Waals surface area contributed by atoms with Crippen LogP contribution in [-0.4, -0.2) is 36.6 Å². The number of rotatable bonds is 5. The molecule has 0 radical (unpaired) electrons. The highest BCUT2D eigenvalue weighted by Gasteiger charge is 2.57. The van der Waals surface area contributed by atoms with E-state index < -0.39 is 0 Å². The topological polar surface area (TPSA) is 36.9 Å². The fourth-order valence-electron chi connectivity index (χ4n) is 4.64. The second-order valence-corrected chi connectivity index (χ2v) is 11.2. The van der Waals surface area contributed by atoms with Gasteiger partial charge in [-0.05, 0) is 91.5 Å². The molecule has 1 saturated carbocycles. The van der Waals surface area contributed by atoms with Gasteiger partial charge >= 0.3 is 14.2 Å². The SMILES string of the molecule is CCC/C(B1OC(C)(C)C(C)(C)O1)=C(/B1OC(C)(C)C(C)(C)O1)C1CCCCC1. The molecule has 3 rings (SSSR count). The van der Waals surface area contributed by atoms with Gasteiger partial charge in [0.05, 0.1) is 22.4 Å². The largest absolute Gasteiger partial charge is 0.490 e. The van der Waals surface area contributed by atoms with Crippen LogP contribution in [0.1, 0.15) is 107 Å². The van der Waals surface area contributed by atoms with E-state index in [4.69, 9.17) is 18.6 Å². The molecule has 3 fully saturated rings. The molecule has 0 spiro atoms. The molecular formula is C23H42B2O4. The summed E-state index contributed by atoms with van der Waals surface area (Å²) in [5, 5.41) is 0. The van der Waals surface area contributed by atoms with Gasteiger partial charge in [-0.3, -0.25) is 0 Å². The zero-order valence-corrected chi connectivity index (χ0v) is 20.3. The van der Waals surface area contributed by atoms with E-state index in [0.29, 0.717) is 5.92 Å². The van der Waals surface area contributed by atoms with Crippen LogP contribution in [0.4, 0.5) is 0 Å². The molecule has 0 atom stereocenters. The molecule has 0 bridgehead atoms. The Bertz CT molecular complexity index is 601. The zero-order valence-electron chi connectivity index (χ0n) is 20.3. The highest BCUT2D eigenvalue weighted by atomic mass is 16.7. The molecule has 0 aromatic heterocycles. The average Bonchev–Trinajstić information content (AvgIpc) is 2.94. The Labute approximate surface area is 179 Å². The molecule has 0 N–H and O–H groups in total. The monoisotopic (exact) mass is 404 g/mol. The van der Waals surface area contributed by atoms with Gasteiger partial charge in [0.1, 0.15) is 0 Å². The van der Waals surface area contributed by atoms with Gasteiger partial charge in [-0.1, -0.05) is 32.6 Å². The summed E-state index contributed by atoms with van der Waals surface area (Å²) in [6, 6.07) is 0. The summed E-state index contributed by atoms with van der Waals surface area (Å²) in [6.45, 7) is 19.3. The lowest BCUT2D eigenvalue weighted by Crippen LogP contribution is -2.41. The lowest BCUT2D eigenvalue weighted by atomic mass is 9.57. The normalized spacial score (nSPS) is 29.3. The van der Waals surface area contributed by atoms with E-state index in [2.05, 4.69) is 62.3 Å². The zero-order chi connectivity index (χ0) is 21.7. The maximum atomic E-state index is 6.58. The van der Waals surface area contributed by atoms with E-state index in [9.17, 15) is 0 Å². The molecule has 1 aliphatic carbocycles. The van der Waals surface area contributed by atoms with Crippen LogP contribution in [0.25, 0.3) is 0 Å². The first-order valence-electron chi connectivity index (χ1n) is 11.8. The van der Waals surface area contributed by atoms with E-state index in [-0.39, 0.29) is 36.6 Å². The van der Waals surface area contributed by atoms with Gasteiger partial charge in [0.25, 0.3) is 0 Å². The summed E-state index contributed by atoms with van der Waals surface area (Å²) in [6.07, 6.45) is 8.28. The Morgan fingerprint density at radius 1 is 0.690 bits per heavy atom. The molecule has 0 amide bonds. The molecule has 3 aliphatic rings. The number of hydrogen-bond acceptors (Lipinski definition) is 4. The molecule has 0 unspecified atom stereocenters. The number of allylic oxidation sites excluding steroid dienone is 2. The van der Waals surface area contributed by atoms with Gasteiger partial charge in [0.2, 0.25) is 0 Å². The Hall–Kier alpha value is -0.290. The van der Waals surface area contributed by atoms with Crippen LogP contribution >= 0.6 is 0 Å². The molecule has 4 nitrogen and oxygen atoms in total. The Morgan fingerprint density at radius 2 is 1.10 bits per heavy atom. The van der Waals surface area contributed by atoms with Crippen LogP contribution in [-0.2, 0) is 18.6 Å². The minimum atomic E-state index is -0.343. The average molecular weight is 404 g/mol. The van der Waals surface area contributed by atoms with Crippen LogP contribution in [0.5, 0.6) is 0 Å². The molecule has 2 aliphatic heterocycles. The summed E-state index contributed by atoms with van der Waals surface area (Å²) in [4.78, 5) is 0. The maximum Gasteiger partial charge on any atom is 0.490 e. The van der Waals surface area contributed by atoms with Crippen LogP contribution < -0.4 is 0 Å². The molecular weight excluding hydrogens is 362 g/mol. The lowest BCUT2D eigenvalue weighted by molar-refractivity contribution is 0.00578. The van der Waals surface area contributed by atoms with Crippen molar-refractivity contribution in [2.24, 2.45) is 5.92 Å². The molecule has 2 heterocycles. The highest BCUT2D eigenvalue weighted by molar-refractivity contribution is 6.62. The van der Waals surface area contributed by atoms with Crippen LogP contribution in [0.2, 0.25) is 0 Å². The molecule has 0 aromatic rings. The third-order valence-electron chi connectivity index (χ3n) is 7.98. The second-order valence-electron chi connectivity index (χ2n) is 11.2. The maximum absolute atomic E-state index is 6.58. The first-order chi connectivity index (χ1) is 13.3. The van der Waals surface area contributed by atoms with Crippen molar-refractivity contribution < 1.29 is 18.6 Å². The van der Waals surface area contributed by atoms with Crippen molar-refractivity contribution in [1.82, 2.24) is 0 Å². The lowest BCUT2D eigenvalue weighted by Gasteiger charge is -2.32. The molecule has 2 saturated heterocycles. The fraction of sp³-hybridized carbons (Fsp3) is 0.913. The fourth-order valence-corrected chi connectivity index (χ4v) is 4.64. The Kier molecular flexibility index (Phi) is 6.45. The van der Waals surface area contributed by atoms with Gasteiger partial charge in [0, 0.05) is 0 Å². The van der Waals surface area contributed by atoms with E-state index in [0.717, 1.165) is 12.8 Å². The van der Waals surface area contributed by atoms with Crippen molar-refractivity contribution in [2.45, 2.75) is 130 Å². The summed E-state index contributed by atoms with van der Waals surface area (Å²) >= 11 is 0. The molecule has 0 aromatic carbocycles. The van der Waals surface area contributed by atoms with E-state index in [1.165, 1.54) is 43.0 Å². The first-order valence-corrected chi connectivity index (χ1v) is 11.8.